The number of rotatable bonds is 9. The Labute approximate surface area is 193 Å². The van der Waals surface area contributed by atoms with Gasteiger partial charge in [-0.25, -0.2) is 9.59 Å². The van der Waals surface area contributed by atoms with E-state index < -0.39 is 30.1 Å². The summed E-state index contributed by atoms with van der Waals surface area (Å²) in [5, 5.41) is 14.4. The van der Waals surface area contributed by atoms with Crippen LogP contribution in [0.3, 0.4) is 0 Å². The Kier molecular flexibility index (Phi) is 7.87. The smallest absolute Gasteiger partial charge is 0.407 e. The van der Waals surface area contributed by atoms with E-state index in [2.05, 4.69) is 22.8 Å². The summed E-state index contributed by atoms with van der Waals surface area (Å²) in [6.07, 6.45) is 1.50. The molecule has 7 nitrogen and oxygen atoms in total. The molecule has 0 spiro atoms. The van der Waals surface area contributed by atoms with Gasteiger partial charge in [-0.1, -0.05) is 67.1 Å². The van der Waals surface area contributed by atoms with Crippen LogP contribution in [0.25, 0.3) is 11.1 Å². The Morgan fingerprint density at radius 1 is 0.970 bits per heavy atom. The molecule has 2 atom stereocenters. The molecule has 0 aromatic heterocycles. The van der Waals surface area contributed by atoms with E-state index in [0.717, 1.165) is 27.8 Å². The number of hydrogen-bond donors (Lipinski definition) is 3. The monoisotopic (exact) mass is 450 g/mol. The van der Waals surface area contributed by atoms with E-state index in [1.165, 1.54) is 0 Å². The van der Waals surface area contributed by atoms with Crippen LogP contribution in [0.5, 0.6) is 0 Å². The molecule has 2 aromatic rings. The molecule has 174 valence electrons. The van der Waals surface area contributed by atoms with Crippen LogP contribution in [0, 0.1) is 0 Å². The molecule has 3 rings (SSSR count). The van der Waals surface area contributed by atoms with Gasteiger partial charge in [-0.15, -0.1) is 0 Å². The fourth-order valence-electron chi connectivity index (χ4n) is 3.98. The largest absolute Gasteiger partial charge is 0.480 e. The molecule has 1 aliphatic carbocycles. The number of fused-ring (bicyclic) bond motifs is 3. The Morgan fingerprint density at radius 2 is 1.55 bits per heavy atom. The average Bonchev–Trinajstić information content (AvgIpc) is 3.12. The minimum Gasteiger partial charge on any atom is -0.480 e. The van der Waals surface area contributed by atoms with Gasteiger partial charge in [-0.3, -0.25) is 4.79 Å². The maximum atomic E-state index is 12.6. The number of carboxylic acids is 1. The van der Waals surface area contributed by atoms with Crippen LogP contribution in [0.4, 0.5) is 4.79 Å². The number of ether oxygens (including phenoxy) is 1. The van der Waals surface area contributed by atoms with Crippen molar-refractivity contribution in [1.82, 2.24) is 10.6 Å². The highest BCUT2D eigenvalue weighted by atomic mass is 16.5. The summed E-state index contributed by atoms with van der Waals surface area (Å²) in [6.45, 7) is 5.58. The predicted octanol–water partition coefficient (Wildman–Crippen LogP) is 4.23. The molecule has 0 bridgehead atoms. The predicted molar refractivity (Wildman–Crippen MR) is 126 cm³/mol. The zero-order chi connectivity index (χ0) is 24.0. The molecule has 33 heavy (non-hydrogen) atoms. The number of allylic oxidation sites excluding steroid dienone is 1. The van der Waals surface area contributed by atoms with Crippen LogP contribution in [0.2, 0.25) is 0 Å². The third-order valence-electron chi connectivity index (χ3n) is 5.74. The summed E-state index contributed by atoms with van der Waals surface area (Å²) in [5.41, 5.74) is 5.41. The van der Waals surface area contributed by atoms with Crippen molar-refractivity contribution in [3.8, 4) is 11.1 Å². The summed E-state index contributed by atoms with van der Waals surface area (Å²) in [5.74, 6) is -1.77. The standard InChI is InChI=1S/C26H30N2O5/c1-4-22(24(29)27-23(25(30)31)14-13-16(2)3)28-26(32)33-15-21-19-11-7-5-9-17(19)18-10-6-8-12-20(18)21/h5-13,21-23H,4,14-15H2,1-3H3,(H,27,29)(H,28,32)(H,30,31). The molecule has 0 saturated heterocycles. The van der Waals surface area contributed by atoms with Crippen molar-refractivity contribution in [2.75, 3.05) is 6.61 Å². The molecule has 2 unspecified atom stereocenters. The molecule has 0 heterocycles. The van der Waals surface area contributed by atoms with Gasteiger partial charge in [-0.2, -0.15) is 0 Å². The molecular weight excluding hydrogens is 420 g/mol. The van der Waals surface area contributed by atoms with Gasteiger partial charge in [0.1, 0.15) is 18.7 Å². The molecule has 3 N–H and O–H groups in total. The number of hydrogen-bond acceptors (Lipinski definition) is 4. The minimum atomic E-state index is -1.13. The van der Waals surface area contributed by atoms with Gasteiger partial charge < -0.3 is 20.5 Å². The summed E-state index contributed by atoms with van der Waals surface area (Å²) >= 11 is 0. The van der Waals surface area contributed by atoms with E-state index in [1.807, 2.05) is 50.2 Å². The zero-order valence-corrected chi connectivity index (χ0v) is 19.1. The summed E-state index contributed by atoms with van der Waals surface area (Å²) in [4.78, 5) is 36.6. The Balaban J connectivity index is 1.61. The second-order valence-electron chi connectivity index (χ2n) is 8.35. The molecular formula is C26H30N2O5. The van der Waals surface area contributed by atoms with Crippen LogP contribution < -0.4 is 10.6 Å². The summed E-state index contributed by atoms with van der Waals surface area (Å²) in [7, 11) is 0. The van der Waals surface area contributed by atoms with E-state index in [-0.39, 0.29) is 18.9 Å². The quantitative estimate of drug-likeness (QED) is 0.496. The number of amides is 2. The molecule has 0 fully saturated rings. The van der Waals surface area contributed by atoms with Crippen molar-refractivity contribution in [2.24, 2.45) is 0 Å². The number of nitrogens with one attached hydrogen (secondary N) is 2. The highest BCUT2D eigenvalue weighted by Gasteiger charge is 2.30. The first-order valence-corrected chi connectivity index (χ1v) is 11.1. The van der Waals surface area contributed by atoms with Gasteiger partial charge in [0.25, 0.3) is 0 Å². The lowest BCUT2D eigenvalue weighted by Crippen LogP contribution is -2.51. The van der Waals surface area contributed by atoms with Gasteiger partial charge in [0.2, 0.25) is 5.91 Å². The number of carbonyl (C=O) groups is 3. The van der Waals surface area contributed by atoms with Gasteiger partial charge >= 0.3 is 12.1 Å². The molecule has 0 aliphatic heterocycles. The number of carboxylic acid groups (broad SMARTS) is 1. The average molecular weight is 451 g/mol. The third-order valence-corrected chi connectivity index (χ3v) is 5.74. The fourth-order valence-corrected chi connectivity index (χ4v) is 3.98. The second kappa shape index (κ2) is 10.8. The third kappa shape index (κ3) is 5.80. The molecule has 1 aliphatic rings. The minimum absolute atomic E-state index is 0.0856. The van der Waals surface area contributed by atoms with Crippen LogP contribution >= 0.6 is 0 Å². The topological polar surface area (TPSA) is 105 Å². The normalized spacial score (nSPS) is 13.8. The first kappa shape index (κ1) is 24.0. The summed E-state index contributed by atoms with van der Waals surface area (Å²) in [6, 6.07) is 14.1. The lowest BCUT2D eigenvalue weighted by molar-refractivity contribution is -0.142. The number of alkyl carbamates (subject to hydrolysis) is 1. The van der Waals surface area contributed by atoms with E-state index >= 15 is 0 Å². The van der Waals surface area contributed by atoms with Crippen molar-refractivity contribution in [3.05, 3.63) is 71.3 Å². The van der Waals surface area contributed by atoms with Crippen LogP contribution in [-0.2, 0) is 14.3 Å². The maximum absolute atomic E-state index is 12.6. The Bertz CT molecular complexity index is 1010. The number of carbonyl (C=O) groups excluding carboxylic acids is 2. The molecule has 7 heteroatoms. The lowest BCUT2D eigenvalue weighted by atomic mass is 9.98. The number of benzene rings is 2. The SMILES string of the molecule is CCC(NC(=O)OCC1c2ccccc2-c2ccccc21)C(=O)NC(CC=C(C)C)C(=O)O. The van der Waals surface area contributed by atoms with Gasteiger partial charge in [-0.05, 0) is 48.9 Å². The van der Waals surface area contributed by atoms with Crippen molar-refractivity contribution in [3.63, 3.8) is 0 Å². The molecule has 0 saturated carbocycles. The van der Waals surface area contributed by atoms with Gasteiger partial charge in [0.05, 0.1) is 0 Å². The fraction of sp³-hybridized carbons (Fsp3) is 0.346. The molecule has 2 amide bonds. The van der Waals surface area contributed by atoms with E-state index in [0.29, 0.717) is 6.42 Å². The molecule has 0 radical (unpaired) electrons. The van der Waals surface area contributed by atoms with E-state index in [9.17, 15) is 19.5 Å². The van der Waals surface area contributed by atoms with Crippen molar-refractivity contribution >= 4 is 18.0 Å². The first-order valence-electron chi connectivity index (χ1n) is 11.1. The zero-order valence-electron chi connectivity index (χ0n) is 19.1. The second-order valence-corrected chi connectivity index (χ2v) is 8.35. The van der Waals surface area contributed by atoms with Gasteiger partial charge in [0.15, 0.2) is 0 Å². The maximum Gasteiger partial charge on any atom is 0.407 e. The Morgan fingerprint density at radius 3 is 2.06 bits per heavy atom. The van der Waals surface area contributed by atoms with Crippen molar-refractivity contribution in [1.29, 1.82) is 0 Å². The van der Waals surface area contributed by atoms with E-state index in [4.69, 9.17) is 4.74 Å². The van der Waals surface area contributed by atoms with Crippen LogP contribution in [0.15, 0.2) is 60.2 Å². The molecule has 2 aromatic carbocycles. The number of aliphatic carboxylic acids is 1. The van der Waals surface area contributed by atoms with Gasteiger partial charge in [0, 0.05) is 5.92 Å². The van der Waals surface area contributed by atoms with Crippen molar-refractivity contribution in [2.45, 2.75) is 51.6 Å². The van der Waals surface area contributed by atoms with Crippen LogP contribution in [-0.4, -0.2) is 41.8 Å². The lowest BCUT2D eigenvalue weighted by Gasteiger charge is -2.20. The highest BCUT2D eigenvalue weighted by molar-refractivity contribution is 5.89. The first-order chi connectivity index (χ1) is 15.8. The van der Waals surface area contributed by atoms with E-state index in [1.54, 1.807) is 13.0 Å². The Hall–Kier alpha value is -3.61. The highest BCUT2D eigenvalue weighted by Crippen LogP contribution is 2.44. The van der Waals surface area contributed by atoms with Crippen LogP contribution in [0.1, 0.15) is 50.7 Å². The van der Waals surface area contributed by atoms with Crippen molar-refractivity contribution < 1.29 is 24.2 Å². The summed E-state index contributed by atoms with van der Waals surface area (Å²) < 4.78 is 5.50.